The summed E-state index contributed by atoms with van der Waals surface area (Å²) < 4.78 is 11.4. The standard InChI is InChI=1S/C24H30N4O3.HI/c1-25-24(27-20-10-11-21-22(16-20)31-15-5-14-30-21)26-17-18-6-8-19(9-7-18)23(29)28-12-3-2-4-13-28;/h6-11,16H,2-5,12-15,17H2,1H3,(H2,25,26,27);1H. The van der Waals surface area contributed by atoms with Crippen LogP contribution in [-0.2, 0) is 6.54 Å². The number of piperidine rings is 1. The Morgan fingerprint density at radius 2 is 1.69 bits per heavy atom. The molecule has 0 aliphatic carbocycles. The van der Waals surface area contributed by atoms with E-state index < -0.39 is 0 Å². The topological polar surface area (TPSA) is 75.2 Å². The second-order valence-corrected chi connectivity index (χ2v) is 7.81. The molecule has 2 aliphatic rings. The highest BCUT2D eigenvalue weighted by atomic mass is 127. The number of anilines is 1. The summed E-state index contributed by atoms with van der Waals surface area (Å²) in [6.45, 7) is 3.65. The van der Waals surface area contributed by atoms with E-state index in [4.69, 9.17) is 9.47 Å². The summed E-state index contributed by atoms with van der Waals surface area (Å²) in [6, 6.07) is 13.6. The van der Waals surface area contributed by atoms with Crippen molar-refractivity contribution in [1.82, 2.24) is 10.2 Å². The van der Waals surface area contributed by atoms with E-state index >= 15 is 0 Å². The van der Waals surface area contributed by atoms with E-state index in [-0.39, 0.29) is 29.9 Å². The number of ether oxygens (including phenoxy) is 2. The normalized spacial score (nSPS) is 15.9. The molecule has 1 saturated heterocycles. The van der Waals surface area contributed by atoms with Crippen molar-refractivity contribution in [3.05, 3.63) is 53.6 Å². The largest absolute Gasteiger partial charge is 0.490 e. The Balaban J connectivity index is 0.00000289. The SMILES string of the molecule is CN=C(NCc1ccc(C(=O)N2CCCCC2)cc1)Nc1ccc2c(c1)OCCCO2.I. The first-order valence-corrected chi connectivity index (χ1v) is 11.0. The summed E-state index contributed by atoms with van der Waals surface area (Å²) in [7, 11) is 1.73. The quantitative estimate of drug-likeness (QED) is 0.338. The molecule has 0 bridgehead atoms. The van der Waals surface area contributed by atoms with E-state index in [0.717, 1.165) is 60.7 Å². The van der Waals surface area contributed by atoms with Crippen LogP contribution in [0.5, 0.6) is 11.5 Å². The lowest BCUT2D eigenvalue weighted by Crippen LogP contribution is -2.35. The number of halogens is 1. The molecule has 0 saturated carbocycles. The van der Waals surface area contributed by atoms with E-state index in [2.05, 4.69) is 15.6 Å². The molecule has 0 aromatic heterocycles. The third-order valence-electron chi connectivity index (χ3n) is 5.54. The van der Waals surface area contributed by atoms with Gasteiger partial charge in [-0.2, -0.15) is 0 Å². The van der Waals surface area contributed by atoms with Crippen molar-refractivity contribution in [3.8, 4) is 11.5 Å². The van der Waals surface area contributed by atoms with Gasteiger partial charge in [0.05, 0.1) is 13.2 Å². The van der Waals surface area contributed by atoms with E-state index in [0.29, 0.717) is 25.7 Å². The third-order valence-corrected chi connectivity index (χ3v) is 5.54. The fraction of sp³-hybridized carbons (Fsp3) is 0.417. The van der Waals surface area contributed by atoms with Crippen LogP contribution in [0.4, 0.5) is 5.69 Å². The number of guanidine groups is 1. The minimum Gasteiger partial charge on any atom is -0.490 e. The van der Waals surface area contributed by atoms with E-state index in [9.17, 15) is 4.79 Å². The average Bonchev–Trinajstić information content (AvgIpc) is 3.07. The van der Waals surface area contributed by atoms with Crippen LogP contribution in [0, 0.1) is 0 Å². The van der Waals surface area contributed by atoms with Gasteiger partial charge in [-0.1, -0.05) is 12.1 Å². The lowest BCUT2D eigenvalue weighted by atomic mass is 10.1. The number of rotatable bonds is 4. The molecule has 2 heterocycles. The second kappa shape index (κ2) is 11.9. The van der Waals surface area contributed by atoms with Crippen LogP contribution >= 0.6 is 24.0 Å². The Hall–Kier alpha value is -2.49. The van der Waals surface area contributed by atoms with Gasteiger partial charge < -0.3 is 25.0 Å². The Morgan fingerprint density at radius 3 is 2.41 bits per heavy atom. The average molecular weight is 550 g/mol. The number of amides is 1. The van der Waals surface area contributed by atoms with Gasteiger partial charge in [-0.3, -0.25) is 9.79 Å². The molecule has 0 radical (unpaired) electrons. The first-order valence-electron chi connectivity index (χ1n) is 11.0. The molecule has 2 aromatic rings. The summed E-state index contributed by atoms with van der Waals surface area (Å²) in [4.78, 5) is 18.9. The van der Waals surface area contributed by atoms with Crippen molar-refractivity contribution < 1.29 is 14.3 Å². The van der Waals surface area contributed by atoms with Crippen molar-refractivity contribution in [2.75, 3.05) is 38.7 Å². The number of aliphatic imine (C=N–C) groups is 1. The van der Waals surface area contributed by atoms with Gasteiger partial charge in [-0.15, -0.1) is 24.0 Å². The lowest BCUT2D eigenvalue weighted by molar-refractivity contribution is 0.0724. The highest BCUT2D eigenvalue weighted by Gasteiger charge is 2.18. The van der Waals surface area contributed by atoms with Crippen LogP contribution in [-0.4, -0.2) is 50.1 Å². The fourth-order valence-electron chi connectivity index (χ4n) is 3.79. The predicted octanol–water partition coefficient (Wildman–Crippen LogP) is 4.28. The maximum atomic E-state index is 12.6. The predicted molar refractivity (Wildman–Crippen MR) is 137 cm³/mol. The van der Waals surface area contributed by atoms with Crippen molar-refractivity contribution in [2.24, 2.45) is 4.99 Å². The molecule has 2 aromatic carbocycles. The lowest BCUT2D eigenvalue weighted by Gasteiger charge is -2.26. The molecule has 7 nitrogen and oxygen atoms in total. The molecule has 2 aliphatic heterocycles. The zero-order valence-electron chi connectivity index (χ0n) is 18.4. The zero-order chi connectivity index (χ0) is 21.5. The first kappa shape index (κ1) is 24.2. The Kier molecular flexibility index (Phi) is 9.01. The number of fused-ring (bicyclic) bond motifs is 1. The third kappa shape index (κ3) is 6.27. The van der Waals surface area contributed by atoms with Gasteiger partial charge in [-0.05, 0) is 49.1 Å². The Morgan fingerprint density at radius 1 is 0.969 bits per heavy atom. The summed E-state index contributed by atoms with van der Waals surface area (Å²) in [5.41, 5.74) is 2.71. The van der Waals surface area contributed by atoms with Crippen LogP contribution in [0.1, 0.15) is 41.6 Å². The molecular formula is C24H31IN4O3. The van der Waals surface area contributed by atoms with Crippen LogP contribution < -0.4 is 20.1 Å². The molecule has 32 heavy (non-hydrogen) atoms. The van der Waals surface area contributed by atoms with Crippen LogP contribution in [0.25, 0.3) is 0 Å². The molecule has 0 spiro atoms. The van der Waals surface area contributed by atoms with Gasteiger partial charge in [-0.25, -0.2) is 0 Å². The number of nitrogens with zero attached hydrogens (tertiary/aromatic N) is 2. The number of likely N-dealkylation sites (tertiary alicyclic amines) is 1. The smallest absolute Gasteiger partial charge is 0.253 e. The molecular weight excluding hydrogens is 519 g/mol. The van der Waals surface area contributed by atoms with Crippen molar-refractivity contribution >= 4 is 41.5 Å². The minimum absolute atomic E-state index is 0. The number of hydrogen-bond acceptors (Lipinski definition) is 4. The number of benzene rings is 2. The monoisotopic (exact) mass is 550 g/mol. The second-order valence-electron chi connectivity index (χ2n) is 7.81. The van der Waals surface area contributed by atoms with Crippen LogP contribution in [0.2, 0.25) is 0 Å². The molecule has 0 unspecified atom stereocenters. The van der Waals surface area contributed by atoms with Gasteiger partial charge in [0.1, 0.15) is 0 Å². The summed E-state index contributed by atoms with van der Waals surface area (Å²) >= 11 is 0. The van der Waals surface area contributed by atoms with Crippen LogP contribution in [0.3, 0.4) is 0 Å². The Labute approximate surface area is 206 Å². The number of hydrogen-bond donors (Lipinski definition) is 2. The first-order chi connectivity index (χ1) is 15.2. The molecule has 1 amide bonds. The van der Waals surface area contributed by atoms with E-state index in [1.165, 1.54) is 6.42 Å². The molecule has 8 heteroatoms. The number of nitrogens with one attached hydrogen (secondary N) is 2. The van der Waals surface area contributed by atoms with Gasteiger partial charge >= 0.3 is 0 Å². The van der Waals surface area contributed by atoms with Crippen molar-refractivity contribution in [1.29, 1.82) is 0 Å². The van der Waals surface area contributed by atoms with Crippen molar-refractivity contribution in [3.63, 3.8) is 0 Å². The summed E-state index contributed by atoms with van der Waals surface area (Å²) in [5, 5.41) is 6.59. The fourth-order valence-corrected chi connectivity index (χ4v) is 3.79. The number of carbonyl (C=O) groups is 1. The number of carbonyl (C=O) groups excluding carboxylic acids is 1. The van der Waals surface area contributed by atoms with Gasteiger partial charge in [0, 0.05) is 50.4 Å². The maximum absolute atomic E-state index is 12.6. The van der Waals surface area contributed by atoms with E-state index in [1.54, 1.807) is 7.05 Å². The molecule has 1 fully saturated rings. The highest BCUT2D eigenvalue weighted by molar-refractivity contribution is 14.0. The maximum Gasteiger partial charge on any atom is 0.253 e. The van der Waals surface area contributed by atoms with Gasteiger partial charge in [0.2, 0.25) is 0 Å². The Bertz CT molecular complexity index is 927. The summed E-state index contributed by atoms with van der Waals surface area (Å²) in [6.07, 6.45) is 4.30. The van der Waals surface area contributed by atoms with Crippen LogP contribution in [0.15, 0.2) is 47.5 Å². The van der Waals surface area contributed by atoms with Gasteiger partial charge in [0.25, 0.3) is 5.91 Å². The molecule has 172 valence electrons. The molecule has 4 rings (SSSR count). The van der Waals surface area contributed by atoms with Gasteiger partial charge in [0.15, 0.2) is 17.5 Å². The highest BCUT2D eigenvalue weighted by Crippen LogP contribution is 2.32. The zero-order valence-corrected chi connectivity index (χ0v) is 20.8. The molecule has 2 N–H and O–H groups in total. The minimum atomic E-state index is 0. The molecule has 0 atom stereocenters. The van der Waals surface area contributed by atoms with E-state index in [1.807, 2.05) is 47.4 Å². The summed E-state index contributed by atoms with van der Waals surface area (Å²) in [5.74, 6) is 2.30. The van der Waals surface area contributed by atoms with Crippen molar-refractivity contribution in [2.45, 2.75) is 32.2 Å².